The van der Waals surface area contributed by atoms with Gasteiger partial charge in [0.05, 0.1) is 12.7 Å². The first kappa shape index (κ1) is 13.1. The summed E-state index contributed by atoms with van der Waals surface area (Å²) in [6, 6.07) is 0.200. The van der Waals surface area contributed by atoms with Crippen LogP contribution in [0.4, 0.5) is 23.4 Å². The van der Waals surface area contributed by atoms with Gasteiger partial charge in [-0.05, 0) is 4.92 Å². The maximum Gasteiger partial charge on any atom is 0.575 e. The number of nitrogens with zero attached hydrogens (tertiary/aromatic N) is 2. The smallest absolute Gasteiger partial charge is 0.391 e. The number of aliphatic hydroxyl groups excluding tert-OH is 1. The Labute approximate surface area is 90.6 Å². The van der Waals surface area contributed by atoms with Crippen molar-refractivity contribution in [1.82, 2.24) is 4.98 Å². The molecule has 0 unspecified atom stereocenters. The normalized spacial score (nSPS) is 11.4. The van der Waals surface area contributed by atoms with Crippen LogP contribution in [0, 0.1) is 15.9 Å². The molecule has 0 bridgehead atoms. The molecule has 0 saturated heterocycles. The molecule has 1 heterocycles. The highest BCUT2D eigenvalue weighted by atomic mass is 19.4. The Morgan fingerprint density at radius 2 is 2.12 bits per heavy atom. The van der Waals surface area contributed by atoms with E-state index in [4.69, 9.17) is 5.11 Å². The predicted molar refractivity (Wildman–Crippen MR) is 43.5 cm³/mol. The molecule has 0 saturated carbocycles. The van der Waals surface area contributed by atoms with E-state index in [-0.39, 0.29) is 6.07 Å². The second-order valence-corrected chi connectivity index (χ2v) is 2.71. The van der Waals surface area contributed by atoms with Gasteiger partial charge < -0.3 is 20.0 Å². The van der Waals surface area contributed by atoms with Gasteiger partial charge in [-0.1, -0.05) is 0 Å². The van der Waals surface area contributed by atoms with Gasteiger partial charge in [0, 0.05) is 4.98 Å². The maximum atomic E-state index is 13.1. The molecule has 17 heavy (non-hydrogen) atoms. The Balaban J connectivity index is 3.25. The molecule has 1 rings (SSSR count). The second-order valence-electron chi connectivity index (χ2n) is 2.71. The number of nitro groups is 1. The third-order valence-corrected chi connectivity index (χ3v) is 1.58. The van der Waals surface area contributed by atoms with E-state index < -0.39 is 41.0 Å². The van der Waals surface area contributed by atoms with Crippen LogP contribution in [0.2, 0.25) is 0 Å². The number of hydrogen-bond donors (Lipinski definition) is 1. The third kappa shape index (κ3) is 3.24. The quantitative estimate of drug-likeness (QED) is 0.503. The van der Waals surface area contributed by atoms with Gasteiger partial charge in [-0.15, -0.1) is 13.2 Å². The summed E-state index contributed by atoms with van der Waals surface area (Å²) >= 11 is 0. The first-order valence-electron chi connectivity index (χ1n) is 3.95. The number of aliphatic hydroxyl groups is 1. The van der Waals surface area contributed by atoms with Crippen LogP contribution in [0.3, 0.4) is 0 Å². The molecule has 0 aromatic carbocycles. The molecule has 6 nitrogen and oxygen atoms in total. The molecule has 1 N–H and O–H groups in total. The van der Waals surface area contributed by atoms with Crippen LogP contribution in [0.15, 0.2) is 6.07 Å². The molecular formula is C7H4F4N2O4. The molecule has 1 aromatic rings. The van der Waals surface area contributed by atoms with Crippen LogP contribution in [0.5, 0.6) is 5.88 Å². The molecule has 94 valence electrons. The number of aromatic nitrogens is 1. The average molecular weight is 256 g/mol. The van der Waals surface area contributed by atoms with E-state index in [1.807, 2.05) is 0 Å². The molecule has 1 aromatic heterocycles. The molecule has 0 aliphatic carbocycles. The minimum atomic E-state index is -5.14. The number of pyridine rings is 1. The zero-order valence-corrected chi connectivity index (χ0v) is 7.86. The van der Waals surface area contributed by atoms with E-state index >= 15 is 0 Å². The van der Waals surface area contributed by atoms with E-state index in [2.05, 4.69) is 9.72 Å². The predicted octanol–water partition coefficient (Wildman–Crippen LogP) is 1.52. The standard InChI is InChI=1S/C7H4F4N2O4/c8-4-1-5(17-7(9,10)11)12-6(13(15)16)3(4)2-14/h1,14H,2H2. The summed E-state index contributed by atoms with van der Waals surface area (Å²) in [6.45, 7) is -1.07. The fraction of sp³-hybridized carbons (Fsp3) is 0.286. The van der Waals surface area contributed by atoms with Crippen molar-refractivity contribution in [1.29, 1.82) is 0 Å². The molecule has 0 aliphatic rings. The average Bonchev–Trinajstić information content (AvgIpc) is 2.13. The summed E-state index contributed by atoms with van der Waals surface area (Å²) in [4.78, 5) is 12.0. The lowest BCUT2D eigenvalue weighted by Crippen LogP contribution is -2.18. The van der Waals surface area contributed by atoms with Crippen LogP contribution in [0.1, 0.15) is 5.56 Å². The van der Waals surface area contributed by atoms with Crippen LogP contribution in [-0.2, 0) is 6.61 Å². The molecule has 0 fully saturated rings. The highest BCUT2D eigenvalue weighted by Gasteiger charge is 2.35. The SMILES string of the molecule is O=[N+]([O-])c1nc(OC(F)(F)F)cc(F)c1CO. The molecule has 0 amide bonds. The molecule has 0 radical (unpaired) electrons. The third-order valence-electron chi connectivity index (χ3n) is 1.58. The number of halogens is 4. The van der Waals surface area contributed by atoms with E-state index in [0.29, 0.717) is 0 Å². The van der Waals surface area contributed by atoms with Crippen molar-refractivity contribution in [2.75, 3.05) is 0 Å². The first-order chi connectivity index (χ1) is 7.74. The van der Waals surface area contributed by atoms with Crippen LogP contribution in [0.25, 0.3) is 0 Å². The van der Waals surface area contributed by atoms with Crippen molar-refractivity contribution in [2.45, 2.75) is 13.0 Å². The lowest BCUT2D eigenvalue weighted by Gasteiger charge is -2.06. The Morgan fingerprint density at radius 3 is 2.53 bits per heavy atom. The summed E-state index contributed by atoms with van der Waals surface area (Å²) in [6.07, 6.45) is -5.14. The van der Waals surface area contributed by atoms with E-state index in [9.17, 15) is 27.7 Å². The second kappa shape index (κ2) is 4.49. The number of alkyl halides is 3. The van der Waals surface area contributed by atoms with Crippen molar-refractivity contribution < 1.29 is 32.3 Å². The number of ether oxygens (including phenoxy) is 1. The first-order valence-corrected chi connectivity index (χ1v) is 3.95. The summed E-state index contributed by atoms with van der Waals surface area (Å²) in [7, 11) is 0. The summed E-state index contributed by atoms with van der Waals surface area (Å²) in [5.41, 5.74) is -0.815. The topological polar surface area (TPSA) is 85.5 Å². The fourth-order valence-corrected chi connectivity index (χ4v) is 0.975. The van der Waals surface area contributed by atoms with Crippen molar-refractivity contribution >= 4 is 5.82 Å². The number of rotatable bonds is 3. The Bertz CT molecular complexity index is 448. The zero-order valence-electron chi connectivity index (χ0n) is 7.86. The van der Waals surface area contributed by atoms with Gasteiger partial charge in [-0.2, -0.15) is 0 Å². The minimum Gasteiger partial charge on any atom is -0.391 e. The van der Waals surface area contributed by atoms with E-state index in [1.165, 1.54) is 0 Å². The van der Waals surface area contributed by atoms with Gasteiger partial charge in [0.2, 0.25) is 0 Å². The Morgan fingerprint density at radius 1 is 1.53 bits per heavy atom. The van der Waals surface area contributed by atoms with Crippen molar-refractivity contribution in [2.24, 2.45) is 0 Å². The lowest BCUT2D eigenvalue weighted by atomic mass is 10.2. The molecular weight excluding hydrogens is 252 g/mol. The van der Waals surface area contributed by atoms with Crippen molar-refractivity contribution in [3.8, 4) is 5.88 Å². The molecule has 10 heteroatoms. The lowest BCUT2D eigenvalue weighted by molar-refractivity contribution is -0.391. The van der Waals surface area contributed by atoms with E-state index in [1.54, 1.807) is 0 Å². The monoisotopic (exact) mass is 256 g/mol. The van der Waals surface area contributed by atoms with Crippen LogP contribution >= 0.6 is 0 Å². The van der Waals surface area contributed by atoms with Gasteiger partial charge in [-0.25, -0.2) is 4.39 Å². The maximum absolute atomic E-state index is 13.1. The number of hydrogen-bond acceptors (Lipinski definition) is 5. The summed E-state index contributed by atoms with van der Waals surface area (Å²) in [5, 5.41) is 19.0. The molecule has 0 spiro atoms. The van der Waals surface area contributed by atoms with Gasteiger partial charge in [-0.3, -0.25) is 0 Å². The Hall–Kier alpha value is -1.97. The van der Waals surface area contributed by atoms with Crippen LogP contribution < -0.4 is 4.74 Å². The largest absolute Gasteiger partial charge is 0.575 e. The Kier molecular flexibility index (Phi) is 3.46. The van der Waals surface area contributed by atoms with Gasteiger partial charge in [0.25, 0.3) is 0 Å². The highest BCUT2D eigenvalue weighted by Crippen LogP contribution is 2.27. The summed E-state index contributed by atoms with van der Waals surface area (Å²) < 4.78 is 51.7. The molecule has 0 aliphatic heterocycles. The summed E-state index contributed by atoms with van der Waals surface area (Å²) in [5.74, 6) is -3.95. The minimum absolute atomic E-state index is 0.200. The van der Waals surface area contributed by atoms with Gasteiger partial charge in [0.1, 0.15) is 11.4 Å². The van der Waals surface area contributed by atoms with Gasteiger partial charge in [0.15, 0.2) is 0 Å². The van der Waals surface area contributed by atoms with Gasteiger partial charge >= 0.3 is 18.1 Å². The van der Waals surface area contributed by atoms with E-state index in [0.717, 1.165) is 0 Å². The van der Waals surface area contributed by atoms with Crippen LogP contribution in [-0.4, -0.2) is 21.4 Å². The zero-order chi connectivity index (χ0) is 13.2. The highest BCUT2D eigenvalue weighted by molar-refractivity contribution is 5.36. The molecule has 0 atom stereocenters. The van der Waals surface area contributed by atoms with Crippen molar-refractivity contribution in [3.05, 3.63) is 27.6 Å². The fourth-order valence-electron chi connectivity index (χ4n) is 0.975. The van der Waals surface area contributed by atoms with Crippen molar-refractivity contribution in [3.63, 3.8) is 0 Å².